The van der Waals surface area contributed by atoms with E-state index in [0.29, 0.717) is 18.0 Å². The van der Waals surface area contributed by atoms with Crippen LogP contribution in [0.4, 0.5) is 0 Å². The number of aryl methyl sites for hydroxylation is 1. The summed E-state index contributed by atoms with van der Waals surface area (Å²) in [4.78, 5) is 11.9. The minimum atomic E-state index is -3.09. The Kier molecular flexibility index (Phi) is 6.32. The average molecular weight is 317 g/mol. The molecule has 0 aromatic carbocycles. The molecule has 0 atom stereocenters. The number of sulfone groups is 1. The number of hydrogen-bond acceptors (Lipinski definition) is 6. The molecule has 0 aliphatic heterocycles. The smallest absolute Gasteiger partial charge is 0.360 e. The van der Waals surface area contributed by atoms with Crippen LogP contribution < -0.4 is 0 Å². The van der Waals surface area contributed by atoms with Gasteiger partial charge in [0.2, 0.25) is 0 Å². The highest BCUT2D eigenvalue weighted by Crippen LogP contribution is 2.13. The standard InChI is InChI=1S/C13H23N3O4S/c1-5-20-13(17)12-11(9-10(3)4)16(15-14-12)7-8-21(18,19)6-2/h10H,5-9H2,1-4H3. The highest BCUT2D eigenvalue weighted by molar-refractivity contribution is 7.91. The van der Waals surface area contributed by atoms with E-state index in [2.05, 4.69) is 10.3 Å². The van der Waals surface area contributed by atoms with Crippen LogP contribution in [0.15, 0.2) is 0 Å². The van der Waals surface area contributed by atoms with Gasteiger partial charge in [0.1, 0.15) is 0 Å². The van der Waals surface area contributed by atoms with Gasteiger partial charge in [0, 0.05) is 5.75 Å². The van der Waals surface area contributed by atoms with Gasteiger partial charge in [-0.25, -0.2) is 17.9 Å². The molecule has 1 rings (SSSR count). The average Bonchev–Trinajstić information content (AvgIpc) is 2.79. The molecule has 21 heavy (non-hydrogen) atoms. The lowest BCUT2D eigenvalue weighted by Crippen LogP contribution is -2.18. The molecule has 120 valence electrons. The largest absolute Gasteiger partial charge is 0.461 e. The predicted molar refractivity (Wildman–Crippen MR) is 78.8 cm³/mol. The highest BCUT2D eigenvalue weighted by atomic mass is 32.2. The van der Waals surface area contributed by atoms with Crippen LogP contribution in [0, 0.1) is 5.92 Å². The van der Waals surface area contributed by atoms with Crippen molar-refractivity contribution in [2.24, 2.45) is 5.92 Å². The predicted octanol–water partition coefficient (Wildman–Crippen LogP) is 1.09. The van der Waals surface area contributed by atoms with Crippen LogP contribution >= 0.6 is 0 Å². The summed E-state index contributed by atoms with van der Waals surface area (Å²) in [7, 11) is -3.09. The Balaban J connectivity index is 3.01. The van der Waals surface area contributed by atoms with Gasteiger partial charge in [-0.1, -0.05) is 26.0 Å². The molecule has 0 saturated carbocycles. The van der Waals surface area contributed by atoms with E-state index in [-0.39, 0.29) is 30.4 Å². The molecule has 0 fully saturated rings. The van der Waals surface area contributed by atoms with Crippen molar-refractivity contribution in [1.29, 1.82) is 0 Å². The number of rotatable bonds is 8. The fourth-order valence-corrected chi connectivity index (χ4v) is 2.57. The van der Waals surface area contributed by atoms with Crippen LogP contribution in [-0.4, -0.2) is 47.5 Å². The summed E-state index contributed by atoms with van der Waals surface area (Å²) >= 11 is 0. The summed E-state index contributed by atoms with van der Waals surface area (Å²) in [5.74, 6) is -0.150. The normalized spacial score (nSPS) is 11.9. The maximum absolute atomic E-state index is 11.9. The van der Waals surface area contributed by atoms with Gasteiger partial charge in [0.15, 0.2) is 15.5 Å². The van der Waals surface area contributed by atoms with Crippen molar-refractivity contribution < 1.29 is 17.9 Å². The van der Waals surface area contributed by atoms with Crippen molar-refractivity contribution in [2.45, 2.75) is 40.7 Å². The summed E-state index contributed by atoms with van der Waals surface area (Å²) in [5.41, 5.74) is 0.814. The fraction of sp³-hybridized carbons (Fsp3) is 0.769. The van der Waals surface area contributed by atoms with Gasteiger partial charge in [-0.05, 0) is 19.3 Å². The lowest BCUT2D eigenvalue weighted by atomic mass is 10.1. The topological polar surface area (TPSA) is 91.2 Å². The van der Waals surface area contributed by atoms with Crippen molar-refractivity contribution in [2.75, 3.05) is 18.1 Å². The van der Waals surface area contributed by atoms with Crippen molar-refractivity contribution in [3.8, 4) is 0 Å². The maximum atomic E-state index is 11.9. The Bertz CT molecular complexity index is 578. The molecule has 0 saturated heterocycles. The van der Waals surface area contributed by atoms with E-state index in [4.69, 9.17) is 4.74 Å². The molecule has 7 nitrogen and oxygen atoms in total. The van der Waals surface area contributed by atoms with Gasteiger partial charge >= 0.3 is 5.97 Å². The third-order valence-electron chi connectivity index (χ3n) is 2.96. The zero-order valence-corrected chi connectivity index (χ0v) is 13.8. The third kappa shape index (κ3) is 5.11. The minimum absolute atomic E-state index is 0.0137. The van der Waals surface area contributed by atoms with Crippen LogP contribution in [-0.2, 0) is 27.5 Å². The first-order chi connectivity index (χ1) is 9.80. The summed E-state index contributed by atoms with van der Waals surface area (Å²) in [6.45, 7) is 7.81. The second-order valence-corrected chi connectivity index (χ2v) is 7.64. The quantitative estimate of drug-likeness (QED) is 0.667. The Hall–Kier alpha value is -1.44. The molecule has 0 spiro atoms. The lowest BCUT2D eigenvalue weighted by molar-refractivity contribution is 0.0517. The van der Waals surface area contributed by atoms with E-state index in [0.717, 1.165) is 0 Å². The Morgan fingerprint density at radius 3 is 2.52 bits per heavy atom. The summed E-state index contributed by atoms with van der Waals surface area (Å²) in [5, 5.41) is 7.77. The third-order valence-corrected chi connectivity index (χ3v) is 4.65. The molecular formula is C13H23N3O4S. The molecule has 0 N–H and O–H groups in total. The van der Waals surface area contributed by atoms with E-state index >= 15 is 0 Å². The van der Waals surface area contributed by atoms with Crippen molar-refractivity contribution in [1.82, 2.24) is 15.0 Å². The van der Waals surface area contributed by atoms with Crippen molar-refractivity contribution >= 4 is 15.8 Å². The zero-order chi connectivity index (χ0) is 16.0. The van der Waals surface area contributed by atoms with Crippen LogP contribution in [0.5, 0.6) is 0 Å². The van der Waals surface area contributed by atoms with Gasteiger partial charge in [0.25, 0.3) is 0 Å². The van der Waals surface area contributed by atoms with Gasteiger partial charge in [-0.15, -0.1) is 5.10 Å². The molecular weight excluding hydrogens is 294 g/mol. The van der Waals surface area contributed by atoms with Gasteiger partial charge in [-0.2, -0.15) is 0 Å². The van der Waals surface area contributed by atoms with E-state index in [1.807, 2.05) is 13.8 Å². The monoisotopic (exact) mass is 317 g/mol. The summed E-state index contributed by atoms with van der Waals surface area (Å²) in [6, 6.07) is 0. The zero-order valence-electron chi connectivity index (χ0n) is 13.0. The molecule has 1 aromatic heterocycles. The van der Waals surface area contributed by atoms with E-state index in [9.17, 15) is 13.2 Å². The number of hydrogen-bond donors (Lipinski definition) is 0. The van der Waals surface area contributed by atoms with Gasteiger partial charge in [0.05, 0.1) is 24.6 Å². The maximum Gasteiger partial charge on any atom is 0.360 e. The number of esters is 1. The molecule has 0 aliphatic carbocycles. The molecule has 1 heterocycles. The number of aromatic nitrogens is 3. The Labute approximate surface area is 125 Å². The number of nitrogens with zero attached hydrogens (tertiary/aromatic N) is 3. The first kappa shape index (κ1) is 17.6. The van der Waals surface area contributed by atoms with Crippen molar-refractivity contribution in [3.63, 3.8) is 0 Å². The fourth-order valence-electron chi connectivity index (χ4n) is 1.83. The van der Waals surface area contributed by atoms with E-state index < -0.39 is 15.8 Å². The molecule has 8 heteroatoms. The molecule has 1 aromatic rings. The first-order valence-corrected chi connectivity index (χ1v) is 8.92. The molecule has 0 aliphatic rings. The SMILES string of the molecule is CCOC(=O)c1nnn(CCS(=O)(=O)CC)c1CC(C)C. The minimum Gasteiger partial charge on any atom is -0.461 e. The molecule has 0 bridgehead atoms. The number of carbonyl (C=O) groups is 1. The lowest BCUT2D eigenvalue weighted by Gasteiger charge is -2.10. The Morgan fingerprint density at radius 1 is 1.33 bits per heavy atom. The molecule has 0 amide bonds. The summed E-state index contributed by atoms with van der Waals surface area (Å²) in [6.07, 6.45) is 0.591. The molecule has 0 radical (unpaired) electrons. The second kappa shape index (κ2) is 7.53. The number of ether oxygens (including phenoxy) is 1. The van der Waals surface area contributed by atoms with Crippen LogP contribution in [0.25, 0.3) is 0 Å². The van der Waals surface area contributed by atoms with Crippen molar-refractivity contribution in [3.05, 3.63) is 11.4 Å². The highest BCUT2D eigenvalue weighted by Gasteiger charge is 2.22. The first-order valence-electron chi connectivity index (χ1n) is 7.10. The van der Waals surface area contributed by atoms with Crippen LogP contribution in [0.1, 0.15) is 43.9 Å². The second-order valence-electron chi connectivity index (χ2n) is 5.16. The summed E-state index contributed by atoms with van der Waals surface area (Å²) < 4.78 is 29.6. The van der Waals surface area contributed by atoms with Crippen LogP contribution in [0.2, 0.25) is 0 Å². The van der Waals surface area contributed by atoms with E-state index in [1.54, 1.807) is 13.8 Å². The van der Waals surface area contributed by atoms with Gasteiger partial charge in [-0.3, -0.25) is 0 Å². The van der Waals surface area contributed by atoms with E-state index in [1.165, 1.54) is 4.68 Å². The van der Waals surface area contributed by atoms with Gasteiger partial charge < -0.3 is 4.74 Å². The number of carbonyl (C=O) groups excluding carboxylic acids is 1. The molecule has 0 unspecified atom stereocenters. The Morgan fingerprint density at radius 2 is 2.00 bits per heavy atom. The van der Waals surface area contributed by atoms with Crippen LogP contribution in [0.3, 0.4) is 0 Å².